The molecule has 0 N–H and O–H groups in total. The Bertz CT molecular complexity index is 457. The highest BCUT2D eigenvalue weighted by Crippen LogP contribution is 2.05. The average Bonchev–Trinajstić information content (AvgIpc) is 2.80. The molecule has 15 heavy (non-hydrogen) atoms. The molecule has 2 aromatic heterocycles. The van der Waals surface area contributed by atoms with Crippen molar-refractivity contribution in [2.45, 2.75) is 0 Å². The molecular weight excluding hydrogens is 190 g/mol. The van der Waals surface area contributed by atoms with E-state index < -0.39 is 0 Å². The zero-order chi connectivity index (χ0) is 10.5. The van der Waals surface area contributed by atoms with Crippen molar-refractivity contribution in [1.82, 2.24) is 14.8 Å². The topological polar surface area (TPSA) is 47.8 Å². The molecule has 0 saturated heterocycles. The van der Waals surface area contributed by atoms with Gasteiger partial charge in [0.2, 0.25) is 0 Å². The highest BCUT2D eigenvalue weighted by Gasteiger charge is 1.95. The first kappa shape index (κ1) is 9.33. The van der Waals surface area contributed by atoms with Crippen LogP contribution in [0.3, 0.4) is 0 Å². The van der Waals surface area contributed by atoms with Crippen LogP contribution in [0.4, 0.5) is 0 Å². The molecule has 2 rings (SSSR count). The third-order valence-corrected chi connectivity index (χ3v) is 1.88. The van der Waals surface area contributed by atoms with Crippen molar-refractivity contribution in [2.75, 3.05) is 0 Å². The summed E-state index contributed by atoms with van der Waals surface area (Å²) in [6.07, 6.45) is 9.08. The van der Waals surface area contributed by atoms with Crippen LogP contribution in [0.5, 0.6) is 0 Å². The van der Waals surface area contributed by atoms with E-state index in [4.69, 9.17) is 0 Å². The number of carbonyl (C=O) groups is 1. The molecule has 4 heteroatoms. The lowest BCUT2D eigenvalue weighted by molar-refractivity contribution is -0.104. The first-order valence-corrected chi connectivity index (χ1v) is 4.48. The predicted molar refractivity (Wildman–Crippen MR) is 56.5 cm³/mol. The van der Waals surface area contributed by atoms with Gasteiger partial charge in [0, 0.05) is 18.6 Å². The van der Waals surface area contributed by atoms with Crippen molar-refractivity contribution in [3.05, 3.63) is 48.4 Å². The Balaban J connectivity index is 2.24. The summed E-state index contributed by atoms with van der Waals surface area (Å²) in [5.74, 6) is 0.753. The molecule has 0 aliphatic carbocycles. The van der Waals surface area contributed by atoms with E-state index in [1.54, 1.807) is 23.2 Å². The van der Waals surface area contributed by atoms with Gasteiger partial charge in [0.05, 0.1) is 0 Å². The summed E-state index contributed by atoms with van der Waals surface area (Å²) in [7, 11) is 0. The van der Waals surface area contributed by atoms with Crippen molar-refractivity contribution in [2.24, 2.45) is 0 Å². The first-order chi connectivity index (χ1) is 7.40. The van der Waals surface area contributed by atoms with Gasteiger partial charge in [-0.1, -0.05) is 6.08 Å². The van der Waals surface area contributed by atoms with Crippen molar-refractivity contribution < 1.29 is 4.79 Å². The zero-order valence-electron chi connectivity index (χ0n) is 7.95. The molecule has 2 heterocycles. The Morgan fingerprint density at radius 2 is 2.27 bits per heavy atom. The molecule has 0 aromatic carbocycles. The smallest absolute Gasteiger partial charge is 0.153 e. The second kappa shape index (κ2) is 4.32. The highest BCUT2D eigenvalue weighted by atomic mass is 16.1. The summed E-state index contributed by atoms with van der Waals surface area (Å²) in [6, 6.07) is 5.56. The molecule has 0 atom stereocenters. The minimum Gasteiger partial charge on any atom is -0.299 e. The van der Waals surface area contributed by atoms with Gasteiger partial charge in [0.1, 0.15) is 6.29 Å². The van der Waals surface area contributed by atoms with Gasteiger partial charge in [-0.25, -0.2) is 9.67 Å². The molecule has 0 aliphatic heterocycles. The number of hydrogen-bond acceptors (Lipinski definition) is 3. The second-order valence-electron chi connectivity index (χ2n) is 2.90. The fourth-order valence-electron chi connectivity index (χ4n) is 1.19. The van der Waals surface area contributed by atoms with Gasteiger partial charge < -0.3 is 0 Å². The lowest BCUT2D eigenvalue weighted by atomic mass is 10.2. The minimum atomic E-state index is 0.738. The van der Waals surface area contributed by atoms with Gasteiger partial charge in [-0.15, -0.1) is 0 Å². The van der Waals surface area contributed by atoms with Crippen LogP contribution in [0.1, 0.15) is 5.56 Å². The van der Waals surface area contributed by atoms with Crippen molar-refractivity contribution in [1.29, 1.82) is 0 Å². The third-order valence-electron chi connectivity index (χ3n) is 1.88. The maximum absolute atomic E-state index is 10.1. The summed E-state index contributed by atoms with van der Waals surface area (Å²) < 4.78 is 1.67. The summed E-state index contributed by atoms with van der Waals surface area (Å²) in [5, 5.41) is 4.06. The second-order valence-corrected chi connectivity index (χ2v) is 2.90. The molecule has 0 aliphatic rings. The van der Waals surface area contributed by atoms with E-state index in [1.165, 1.54) is 6.08 Å². The van der Waals surface area contributed by atoms with E-state index >= 15 is 0 Å². The maximum atomic E-state index is 10.1. The molecule has 0 spiro atoms. The summed E-state index contributed by atoms with van der Waals surface area (Å²) in [4.78, 5) is 14.3. The largest absolute Gasteiger partial charge is 0.299 e. The van der Waals surface area contributed by atoms with Gasteiger partial charge in [0.15, 0.2) is 5.82 Å². The minimum absolute atomic E-state index is 0.738. The molecule has 0 bridgehead atoms. The lowest BCUT2D eigenvalue weighted by Crippen LogP contribution is -1.96. The van der Waals surface area contributed by atoms with Gasteiger partial charge >= 0.3 is 0 Å². The van der Waals surface area contributed by atoms with Crippen LogP contribution in [-0.4, -0.2) is 21.1 Å². The fraction of sp³-hybridized carbons (Fsp3) is 0. The van der Waals surface area contributed by atoms with Crippen molar-refractivity contribution in [3.8, 4) is 5.82 Å². The van der Waals surface area contributed by atoms with E-state index in [0.29, 0.717) is 0 Å². The van der Waals surface area contributed by atoms with Crippen LogP contribution in [0.15, 0.2) is 42.9 Å². The number of hydrogen-bond donors (Lipinski definition) is 0. The molecule has 0 radical (unpaired) electrons. The zero-order valence-corrected chi connectivity index (χ0v) is 7.95. The maximum Gasteiger partial charge on any atom is 0.153 e. The van der Waals surface area contributed by atoms with Crippen LogP contribution < -0.4 is 0 Å². The van der Waals surface area contributed by atoms with Crippen LogP contribution in [0.2, 0.25) is 0 Å². The van der Waals surface area contributed by atoms with Crippen molar-refractivity contribution >= 4 is 12.4 Å². The Kier molecular flexibility index (Phi) is 2.69. The number of aromatic nitrogens is 3. The molecule has 2 aromatic rings. The van der Waals surface area contributed by atoms with E-state index in [0.717, 1.165) is 17.7 Å². The van der Waals surface area contributed by atoms with Gasteiger partial charge in [0.25, 0.3) is 0 Å². The molecular formula is C11H9N3O. The highest BCUT2D eigenvalue weighted by molar-refractivity contribution is 5.73. The van der Waals surface area contributed by atoms with Crippen LogP contribution >= 0.6 is 0 Å². The normalized spacial score (nSPS) is 10.7. The Labute approximate surface area is 86.9 Å². The predicted octanol–water partition coefficient (Wildman–Crippen LogP) is 1.48. The molecule has 4 nitrogen and oxygen atoms in total. The van der Waals surface area contributed by atoms with Crippen molar-refractivity contribution in [3.63, 3.8) is 0 Å². The summed E-state index contributed by atoms with van der Waals surface area (Å²) >= 11 is 0. The molecule has 0 saturated carbocycles. The van der Waals surface area contributed by atoms with Gasteiger partial charge in [-0.3, -0.25) is 4.79 Å². The molecule has 74 valence electrons. The van der Waals surface area contributed by atoms with Crippen LogP contribution in [-0.2, 0) is 4.79 Å². The molecule has 0 unspecified atom stereocenters. The fourth-order valence-corrected chi connectivity index (χ4v) is 1.19. The van der Waals surface area contributed by atoms with Crippen LogP contribution in [0.25, 0.3) is 11.9 Å². The number of pyridine rings is 1. The van der Waals surface area contributed by atoms with Gasteiger partial charge in [-0.05, 0) is 29.8 Å². The lowest BCUT2D eigenvalue weighted by Gasteiger charge is -1.99. The SMILES string of the molecule is O=C/C=C/c1ccc(-n2cccn2)nc1. The summed E-state index contributed by atoms with van der Waals surface area (Å²) in [6.45, 7) is 0. The third kappa shape index (κ3) is 2.17. The quantitative estimate of drug-likeness (QED) is 0.555. The van der Waals surface area contributed by atoms with E-state index in [2.05, 4.69) is 10.1 Å². The van der Waals surface area contributed by atoms with E-state index in [9.17, 15) is 4.79 Å². The summed E-state index contributed by atoms with van der Waals surface area (Å²) in [5.41, 5.74) is 0.887. The Morgan fingerprint density at radius 1 is 1.33 bits per heavy atom. The Morgan fingerprint density at radius 3 is 2.87 bits per heavy atom. The number of aldehydes is 1. The number of allylic oxidation sites excluding steroid dienone is 1. The first-order valence-electron chi connectivity index (χ1n) is 4.48. The molecule has 0 fully saturated rings. The van der Waals surface area contributed by atoms with Gasteiger partial charge in [-0.2, -0.15) is 5.10 Å². The number of carbonyl (C=O) groups excluding carboxylic acids is 1. The standard InChI is InChI=1S/C11H9N3O/c15-8-1-3-10-4-5-11(12-9-10)14-7-2-6-13-14/h1-9H/b3-1+. The van der Waals surface area contributed by atoms with E-state index in [1.807, 2.05) is 24.4 Å². The number of nitrogens with zero attached hydrogens (tertiary/aromatic N) is 3. The van der Waals surface area contributed by atoms with Crippen LogP contribution in [0, 0.1) is 0 Å². The average molecular weight is 199 g/mol. The molecule has 0 amide bonds. The Hall–Kier alpha value is -2.23. The monoisotopic (exact) mass is 199 g/mol. The van der Waals surface area contributed by atoms with E-state index in [-0.39, 0.29) is 0 Å². The number of rotatable bonds is 3.